The van der Waals surface area contributed by atoms with Crippen LogP contribution in [0.1, 0.15) is 30.9 Å². The summed E-state index contributed by atoms with van der Waals surface area (Å²) in [5, 5.41) is 3.33. The molecule has 0 amide bonds. The largest absolute Gasteiger partial charge is 0.381 e. The zero-order valence-electron chi connectivity index (χ0n) is 12.2. The Morgan fingerprint density at radius 3 is 2.85 bits per heavy atom. The average Bonchev–Trinajstić information content (AvgIpc) is 2.48. The van der Waals surface area contributed by atoms with Crippen LogP contribution in [0.3, 0.4) is 0 Å². The van der Waals surface area contributed by atoms with E-state index in [0.717, 1.165) is 50.2 Å². The maximum absolute atomic E-state index is 5.86. The lowest BCUT2D eigenvalue weighted by Crippen LogP contribution is -2.20. The molecule has 0 unspecified atom stereocenters. The molecule has 1 fully saturated rings. The molecule has 20 heavy (non-hydrogen) atoms. The van der Waals surface area contributed by atoms with Gasteiger partial charge in [0.2, 0.25) is 0 Å². The van der Waals surface area contributed by atoms with E-state index < -0.39 is 0 Å². The number of ether oxygens (including phenoxy) is 2. The third-order valence-corrected chi connectivity index (χ3v) is 4.39. The van der Waals surface area contributed by atoms with Gasteiger partial charge in [-0.05, 0) is 42.5 Å². The van der Waals surface area contributed by atoms with Crippen molar-refractivity contribution < 1.29 is 9.47 Å². The lowest BCUT2D eigenvalue weighted by Gasteiger charge is -2.21. The van der Waals surface area contributed by atoms with Crippen LogP contribution in [0.4, 0.5) is 0 Å². The van der Waals surface area contributed by atoms with Crippen molar-refractivity contribution in [3.05, 3.63) is 33.8 Å². The highest BCUT2D eigenvalue weighted by Gasteiger charge is 2.13. The van der Waals surface area contributed by atoms with Gasteiger partial charge in [0.05, 0.1) is 13.2 Å². The first kappa shape index (κ1) is 16.0. The first-order valence-electron chi connectivity index (χ1n) is 7.43. The maximum atomic E-state index is 5.86. The van der Waals surface area contributed by atoms with Crippen molar-refractivity contribution in [2.24, 2.45) is 5.92 Å². The van der Waals surface area contributed by atoms with Gasteiger partial charge in [0.15, 0.2) is 0 Å². The van der Waals surface area contributed by atoms with Crippen LogP contribution in [-0.4, -0.2) is 26.4 Å². The Morgan fingerprint density at radius 1 is 1.35 bits per heavy atom. The minimum absolute atomic E-state index is 0.663. The molecule has 1 aliphatic heterocycles. The maximum Gasteiger partial charge on any atom is 0.0727 e. The summed E-state index contributed by atoms with van der Waals surface area (Å²) in [7, 11) is 0. The fourth-order valence-electron chi connectivity index (χ4n) is 2.34. The second kappa shape index (κ2) is 8.78. The highest BCUT2D eigenvalue weighted by Crippen LogP contribution is 2.21. The van der Waals surface area contributed by atoms with E-state index in [1.54, 1.807) is 0 Å². The molecule has 112 valence electrons. The molecule has 0 bridgehead atoms. The summed E-state index contributed by atoms with van der Waals surface area (Å²) in [5.41, 5.74) is 2.52. The van der Waals surface area contributed by atoms with E-state index in [-0.39, 0.29) is 0 Å². The molecule has 0 spiro atoms. The second-order valence-electron chi connectivity index (χ2n) is 5.28. The molecule has 0 atom stereocenters. The van der Waals surface area contributed by atoms with E-state index in [4.69, 9.17) is 9.47 Å². The molecule has 0 aliphatic carbocycles. The van der Waals surface area contributed by atoms with E-state index in [1.165, 1.54) is 11.1 Å². The van der Waals surface area contributed by atoms with Crippen LogP contribution in [0.5, 0.6) is 0 Å². The molecule has 1 aromatic rings. The van der Waals surface area contributed by atoms with Crippen molar-refractivity contribution >= 4 is 15.9 Å². The van der Waals surface area contributed by atoms with Crippen molar-refractivity contribution in [1.82, 2.24) is 5.32 Å². The summed E-state index contributed by atoms with van der Waals surface area (Å²) in [6, 6.07) is 6.50. The van der Waals surface area contributed by atoms with Crippen molar-refractivity contribution in [2.45, 2.75) is 32.9 Å². The van der Waals surface area contributed by atoms with Crippen LogP contribution in [-0.2, 0) is 22.6 Å². The van der Waals surface area contributed by atoms with Crippen LogP contribution in [0.25, 0.3) is 0 Å². The molecule has 1 saturated heterocycles. The minimum atomic E-state index is 0.663. The number of rotatable bonds is 7. The van der Waals surface area contributed by atoms with Gasteiger partial charge in [-0.15, -0.1) is 0 Å². The third kappa shape index (κ3) is 5.17. The van der Waals surface area contributed by atoms with E-state index in [9.17, 15) is 0 Å². The summed E-state index contributed by atoms with van der Waals surface area (Å²) < 4.78 is 12.4. The summed E-state index contributed by atoms with van der Waals surface area (Å²) in [6.45, 7) is 7.32. The summed E-state index contributed by atoms with van der Waals surface area (Å²) in [5.74, 6) is 0.663. The van der Waals surface area contributed by atoms with Gasteiger partial charge in [0, 0.05) is 24.2 Å². The number of hydrogen-bond donors (Lipinski definition) is 1. The molecule has 0 radical (unpaired) electrons. The highest BCUT2D eigenvalue weighted by atomic mass is 79.9. The molecule has 4 heteroatoms. The first-order chi connectivity index (χ1) is 9.79. The summed E-state index contributed by atoms with van der Waals surface area (Å²) >= 11 is 3.64. The molecule has 1 heterocycles. The normalized spacial score (nSPS) is 16.5. The standard InChI is InChI=1S/C16H24BrNO2/c1-2-18-10-14-3-4-15(16(17)9-14)12-20-11-13-5-7-19-8-6-13/h3-4,9,13,18H,2,5-8,10-12H2,1H3. The molecule has 0 saturated carbocycles. The SMILES string of the molecule is CCNCc1ccc(COCC2CCOCC2)c(Br)c1. The summed E-state index contributed by atoms with van der Waals surface area (Å²) in [6.07, 6.45) is 2.26. The van der Waals surface area contributed by atoms with Crippen LogP contribution in [0.2, 0.25) is 0 Å². The van der Waals surface area contributed by atoms with E-state index in [2.05, 4.69) is 46.4 Å². The Labute approximate surface area is 130 Å². The van der Waals surface area contributed by atoms with Gasteiger partial charge >= 0.3 is 0 Å². The number of halogens is 1. The Morgan fingerprint density at radius 2 is 2.15 bits per heavy atom. The Kier molecular flexibility index (Phi) is 7.00. The lowest BCUT2D eigenvalue weighted by molar-refractivity contribution is 0.0156. The third-order valence-electron chi connectivity index (χ3n) is 3.65. The molecule has 0 aromatic heterocycles. The molecule has 1 aromatic carbocycles. The van der Waals surface area contributed by atoms with Gasteiger partial charge in [-0.25, -0.2) is 0 Å². The van der Waals surface area contributed by atoms with Crippen LogP contribution in [0, 0.1) is 5.92 Å². The summed E-state index contributed by atoms with van der Waals surface area (Å²) in [4.78, 5) is 0. The average molecular weight is 342 g/mol. The first-order valence-corrected chi connectivity index (χ1v) is 8.22. The topological polar surface area (TPSA) is 30.5 Å². The van der Waals surface area contributed by atoms with Gasteiger partial charge in [-0.1, -0.05) is 35.0 Å². The van der Waals surface area contributed by atoms with Crippen LogP contribution < -0.4 is 5.32 Å². The van der Waals surface area contributed by atoms with E-state index in [0.29, 0.717) is 12.5 Å². The second-order valence-corrected chi connectivity index (χ2v) is 6.13. The monoisotopic (exact) mass is 341 g/mol. The van der Waals surface area contributed by atoms with Crippen molar-refractivity contribution in [1.29, 1.82) is 0 Å². The molecular formula is C16H24BrNO2. The highest BCUT2D eigenvalue weighted by molar-refractivity contribution is 9.10. The zero-order valence-corrected chi connectivity index (χ0v) is 13.7. The minimum Gasteiger partial charge on any atom is -0.381 e. The lowest BCUT2D eigenvalue weighted by atomic mass is 10.0. The van der Waals surface area contributed by atoms with Crippen LogP contribution >= 0.6 is 15.9 Å². The molecular weight excluding hydrogens is 318 g/mol. The predicted molar refractivity (Wildman–Crippen MR) is 84.7 cm³/mol. The molecule has 3 nitrogen and oxygen atoms in total. The molecule has 2 rings (SSSR count). The van der Waals surface area contributed by atoms with Crippen molar-refractivity contribution in [3.8, 4) is 0 Å². The van der Waals surface area contributed by atoms with E-state index in [1.807, 2.05) is 0 Å². The Hall–Kier alpha value is -0.420. The number of nitrogens with one attached hydrogen (secondary N) is 1. The number of hydrogen-bond acceptors (Lipinski definition) is 3. The fourth-order valence-corrected chi connectivity index (χ4v) is 2.88. The Balaban J connectivity index is 1.77. The zero-order chi connectivity index (χ0) is 14.2. The van der Waals surface area contributed by atoms with Gasteiger partial charge in [0.1, 0.15) is 0 Å². The smallest absolute Gasteiger partial charge is 0.0727 e. The molecule has 1 N–H and O–H groups in total. The van der Waals surface area contributed by atoms with Gasteiger partial charge < -0.3 is 14.8 Å². The van der Waals surface area contributed by atoms with Crippen LogP contribution in [0.15, 0.2) is 22.7 Å². The quantitative estimate of drug-likeness (QED) is 0.823. The van der Waals surface area contributed by atoms with Gasteiger partial charge in [-0.3, -0.25) is 0 Å². The number of benzene rings is 1. The Bertz CT molecular complexity index is 405. The molecule has 1 aliphatic rings. The van der Waals surface area contributed by atoms with Crippen molar-refractivity contribution in [3.63, 3.8) is 0 Å². The van der Waals surface area contributed by atoms with Crippen molar-refractivity contribution in [2.75, 3.05) is 26.4 Å². The fraction of sp³-hybridized carbons (Fsp3) is 0.625. The van der Waals surface area contributed by atoms with E-state index >= 15 is 0 Å². The predicted octanol–water partition coefficient (Wildman–Crippen LogP) is 3.50. The van der Waals surface area contributed by atoms with Gasteiger partial charge in [0.25, 0.3) is 0 Å². The van der Waals surface area contributed by atoms with Gasteiger partial charge in [-0.2, -0.15) is 0 Å².